The Balaban J connectivity index is 1.94. The molecule has 1 unspecified atom stereocenters. The summed E-state index contributed by atoms with van der Waals surface area (Å²) in [5, 5.41) is 7.50. The molecule has 2 aromatic rings. The van der Waals surface area contributed by atoms with Gasteiger partial charge in [-0.3, -0.25) is 4.90 Å². The lowest BCUT2D eigenvalue weighted by Gasteiger charge is -2.30. The van der Waals surface area contributed by atoms with Crippen LogP contribution in [0.25, 0.3) is 11.5 Å². The van der Waals surface area contributed by atoms with Crippen molar-refractivity contribution in [3.63, 3.8) is 0 Å². The number of benzene rings is 1. The molecule has 3 rings (SSSR count). The van der Waals surface area contributed by atoms with E-state index in [2.05, 4.69) is 27.4 Å². The molecule has 7 heteroatoms. The van der Waals surface area contributed by atoms with E-state index >= 15 is 0 Å². The molecule has 0 amide bonds. The van der Waals surface area contributed by atoms with E-state index < -0.39 is 0 Å². The molecular weight excluding hydrogens is 296 g/mol. The summed E-state index contributed by atoms with van der Waals surface area (Å²) in [6.45, 7) is 4.70. The average molecular weight is 318 g/mol. The third-order valence-electron chi connectivity index (χ3n) is 4.25. The van der Waals surface area contributed by atoms with Crippen molar-refractivity contribution in [3.05, 3.63) is 23.5 Å². The van der Waals surface area contributed by atoms with Crippen LogP contribution in [0.2, 0.25) is 0 Å². The van der Waals surface area contributed by atoms with E-state index in [0.717, 1.165) is 42.3 Å². The van der Waals surface area contributed by atoms with Gasteiger partial charge in [0.15, 0.2) is 5.82 Å². The minimum Gasteiger partial charge on any atom is -0.496 e. The molecule has 7 nitrogen and oxygen atoms in total. The van der Waals surface area contributed by atoms with Gasteiger partial charge in [-0.1, -0.05) is 5.16 Å². The summed E-state index contributed by atoms with van der Waals surface area (Å²) >= 11 is 0. The highest BCUT2D eigenvalue weighted by molar-refractivity contribution is 5.62. The lowest BCUT2D eigenvalue weighted by atomic mass is 10.1. The number of nitrogens with zero attached hydrogens (tertiary/aromatic N) is 3. The van der Waals surface area contributed by atoms with Gasteiger partial charge in [0.1, 0.15) is 11.5 Å². The zero-order chi connectivity index (χ0) is 16.4. The Labute approximate surface area is 135 Å². The summed E-state index contributed by atoms with van der Waals surface area (Å²) < 4.78 is 16.3. The number of ether oxygens (including phenoxy) is 2. The molecule has 0 bridgehead atoms. The largest absolute Gasteiger partial charge is 0.496 e. The quantitative estimate of drug-likeness (QED) is 0.918. The normalized spacial score (nSPS) is 18.9. The van der Waals surface area contributed by atoms with Crippen molar-refractivity contribution in [1.29, 1.82) is 0 Å². The summed E-state index contributed by atoms with van der Waals surface area (Å²) in [6.07, 6.45) is 0. The van der Waals surface area contributed by atoms with Crippen LogP contribution in [-0.4, -0.2) is 55.9 Å². The smallest absolute Gasteiger partial charge is 0.258 e. The Bertz CT molecular complexity index is 661. The average Bonchev–Trinajstić information content (AvgIpc) is 3.05. The Hall–Kier alpha value is -2.12. The maximum Gasteiger partial charge on any atom is 0.258 e. The van der Waals surface area contributed by atoms with E-state index in [0.29, 0.717) is 11.7 Å². The number of piperazine rings is 1. The van der Waals surface area contributed by atoms with Gasteiger partial charge in [0.2, 0.25) is 0 Å². The fourth-order valence-corrected chi connectivity index (χ4v) is 2.79. The van der Waals surface area contributed by atoms with Crippen LogP contribution < -0.4 is 14.8 Å². The first-order valence-electron chi connectivity index (χ1n) is 7.61. The summed E-state index contributed by atoms with van der Waals surface area (Å²) in [6, 6.07) is 3.89. The molecule has 0 radical (unpaired) electrons. The Kier molecular flexibility index (Phi) is 4.49. The number of rotatable bonds is 4. The van der Waals surface area contributed by atoms with Gasteiger partial charge in [-0.2, -0.15) is 4.98 Å². The van der Waals surface area contributed by atoms with Crippen LogP contribution >= 0.6 is 0 Å². The Morgan fingerprint density at radius 2 is 1.96 bits per heavy atom. The third-order valence-corrected chi connectivity index (χ3v) is 4.25. The molecule has 0 aliphatic carbocycles. The fraction of sp³-hybridized carbons (Fsp3) is 0.500. The van der Waals surface area contributed by atoms with Crippen molar-refractivity contribution in [1.82, 2.24) is 20.4 Å². The second kappa shape index (κ2) is 6.55. The van der Waals surface area contributed by atoms with Gasteiger partial charge in [-0.15, -0.1) is 0 Å². The predicted molar refractivity (Wildman–Crippen MR) is 85.8 cm³/mol. The van der Waals surface area contributed by atoms with Crippen LogP contribution in [0.5, 0.6) is 11.5 Å². The molecule has 1 saturated heterocycles. The van der Waals surface area contributed by atoms with Crippen molar-refractivity contribution < 1.29 is 14.0 Å². The molecule has 0 spiro atoms. The number of hydrogen-bond acceptors (Lipinski definition) is 7. The molecule has 1 aliphatic heterocycles. The number of hydrogen-bond donors (Lipinski definition) is 1. The van der Waals surface area contributed by atoms with Crippen LogP contribution in [0, 0.1) is 6.92 Å². The summed E-state index contributed by atoms with van der Waals surface area (Å²) in [5.41, 5.74) is 1.73. The molecule has 2 heterocycles. The van der Waals surface area contributed by atoms with Crippen LogP contribution in [0.4, 0.5) is 0 Å². The number of methoxy groups -OCH3 is 2. The second-order valence-electron chi connectivity index (χ2n) is 5.66. The van der Waals surface area contributed by atoms with Crippen molar-refractivity contribution in [2.45, 2.75) is 13.0 Å². The Morgan fingerprint density at radius 3 is 2.57 bits per heavy atom. The second-order valence-corrected chi connectivity index (χ2v) is 5.66. The van der Waals surface area contributed by atoms with E-state index in [-0.39, 0.29) is 6.04 Å². The summed E-state index contributed by atoms with van der Waals surface area (Å²) in [5.74, 6) is 2.62. The zero-order valence-corrected chi connectivity index (χ0v) is 13.9. The first-order valence-corrected chi connectivity index (χ1v) is 7.61. The van der Waals surface area contributed by atoms with E-state index in [1.807, 2.05) is 19.1 Å². The lowest BCUT2D eigenvalue weighted by Crippen LogP contribution is -2.44. The molecule has 124 valence electrons. The molecule has 1 aliphatic rings. The molecule has 1 N–H and O–H groups in total. The van der Waals surface area contributed by atoms with Gasteiger partial charge in [0.05, 0.1) is 20.3 Å². The van der Waals surface area contributed by atoms with Crippen LogP contribution in [0.1, 0.15) is 17.4 Å². The van der Waals surface area contributed by atoms with Crippen molar-refractivity contribution >= 4 is 0 Å². The topological polar surface area (TPSA) is 72.7 Å². The molecule has 1 fully saturated rings. The number of nitrogens with one attached hydrogen (secondary N) is 1. The minimum absolute atomic E-state index is 0.121. The van der Waals surface area contributed by atoms with Crippen molar-refractivity contribution in [3.8, 4) is 23.0 Å². The molecule has 1 aromatic heterocycles. The lowest BCUT2D eigenvalue weighted by molar-refractivity contribution is 0.190. The highest BCUT2D eigenvalue weighted by atomic mass is 16.5. The maximum atomic E-state index is 5.46. The van der Waals surface area contributed by atoms with Crippen LogP contribution in [-0.2, 0) is 0 Å². The van der Waals surface area contributed by atoms with E-state index in [1.165, 1.54) is 0 Å². The number of likely N-dealkylation sites (N-methyl/N-ethyl adjacent to an activating group) is 1. The van der Waals surface area contributed by atoms with Crippen molar-refractivity contribution in [2.24, 2.45) is 0 Å². The van der Waals surface area contributed by atoms with Crippen molar-refractivity contribution in [2.75, 3.05) is 40.9 Å². The monoisotopic (exact) mass is 318 g/mol. The molecule has 1 atom stereocenters. The number of aromatic nitrogens is 2. The fourth-order valence-electron chi connectivity index (χ4n) is 2.79. The van der Waals surface area contributed by atoms with Gasteiger partial charge in [-0.25, -0.2) is 0 Å². The van der Waals surface area contributed by atoms with E-state index in [4.69, 9.17) is 14.0 Å². The zero-order valence-electron chi connectivity index (χ0n) is 13.9. The molecule has 1 aromatic carbocycles. The SMILES string of the molecule is COc1cc(-c2nc(C3CNCCN3C)no2)cc(OC)c1C. The predicted octanol–water partition coefficient (Wildman–Crippen LogP) is 1.64. The standard InChI is InChI=1S/C16H22N4O3/c1-10-13(21-3)7-11(8-14(10)22-4)16-18-15(19-23-16)12-9-17-5-6-20(12)2/h7-8,12,17H,5-6,9H2,1-4H3. The summed E-state index contributed by atoms with van der Waals surface area (Å²) in [7, 11) is 5.33. The molecule has 0 saturated carbocycles. The van der Waals surface area contributed by atoms with E-state index in [9.17, 15) is 0 Å². The maximum absolute atomic E-state index is 5.46. The van der Waals surface area contributed by atoms with Gasteiger partial charge >= 0.3 is 0 Å². The van der Waals surface area contributed by atoms with E-state index in [1.54, 1.807) is 14.2 Å². The highest BCUT2D eigenvalue weighted by Gasteiger charge is 2.26. The van der Waals surface area contributed by atoms with Gasteiger partial charge in [0.25, 0.3) is 5.89 Å². The molecular formula is C16H22N4O3. The van der Waals surface area contributed by atoms with Gasteiger partial charge < -0.3 is 19.3 Å². The van der Waals surface area contributed by atoms with Crippen LogP contribution in [0.15, 0.2) is 16.7 Å². The van der Waals surface area contributed by atoms with Crippen LogP contribution in [0.3, 0.4) is 0 Å². The Morgan fingerprint density at radius 1 is 1.26 bits per heavy atom. The van der Waals surface area contributed by atoms with Gasteiger partial charge in [-0.05, 0) is 26.1 Å². The minimum atomic E-state index is 0.121. The summed E-state index contributed by atoms with van der Waals surface area (Å²) in [4.78, 5) is 6.79. The first kappa shape index (κ1) is 15.8. The third kappa shape index (κ3) is 3.02. The van der Waals surface area contributed by atoms with Gasteiger partial charge in [0, 0.05) is 30.8 Å². The first-order chi connectivity index (χ1) is 11.1. The molecule has 23 heavy (non-hydrogen) atoms. The highest BCUT2D eigenvalue weighted by Crippen LogP contribution is 2.34.